The summed E-state index contributed by atoms with van der Waals surface area (Å²) < 4.78 is 25.0. The van der Waals surface area contributed by atoms with E-state index in [1.165, 1.54) is 38.5 Å². The van der Waals surface area contributed by atoms with Gasteiger partial charge < -0.3 is 9.05 Å². The van der Waals surface area contributed by atoms with Gasteiger partial charge in [0, 0.05) is 0 Å². The molecule has 4 bridgehead atoms. The largest absolute Gasteiger partial charge is 0.330 e. The maximum Gasteiger partial charge on any atom is 0.330 e. The van der Waals surface area contributed by atoms with Crippen molar-refractivity contribution in [2.24, 2.45) is 23.2 Å². The molecule has 4 fully saturated rings. The molecule has 1 unspecified atom stereocenters. The van der Waals surface area contributed by atoms with Crippen LogP contribution in [0, 0.1) is 23.2 Å². The molecule has 0 radical (unpaired) electrons. The van der Waals surface area contributed by atoms with Gasteiger partial charge in [0.15, 0.2) is 0 Å². The summed E-state index contributed by atoms with van der Waals surface area (Å²) in [7, 11) is -2.89. The molecule has 0 heterocycles. The minimum atomic E-state index is -2.89. The van der Waals surface area contributed by atoms with Crippen molar-refractivity contribution in [1.82, 2.24) is 0 Å². The van der Waals surface area contributed by atoms with Crippen LogP contribution in [-0.4, -0.2) is 19.4 Å². The van der Waals surface area contributed by atoms with E-state index in [-0.39, 0.29) is 0 Å². The van der Waals surface area contributed by atoms with E-state index in [2.05, 4.69) is 13.8 Å². The fraction of sp³-hybridized carbons (Fsp3) is 1.00. The van der Waals surface area contributed by atoms with Crippen LogP contribution in [0.2, 0.25) is 0 Å². The first kappa shape index (κ1) is 18.0. The Morgan fingerprint density at radius 3 is 2.00 bits per heavy atom. The van der Waals surface area contributed by atoms with Crippen LogP contribution in [0.25, 0.3) is 0 Å². The number of unbranched alkanes of at least 4 members (excludes halogenated alkanes) is 2. The van der Waals surface area contributed by atoms with E-state index in [1.54, 1.807) is 0 Å². The first-order valence-electron chi connectivity index (χ1n) is 9.94. The molecule has 4 saturated carbocycles. The predicted molar refractivity (Wildman–Crippen MR) is 94.8 cm³/mol. The molecular formula is C19H35O3P. The van der Waals surface area contributed by atoms with Gasteiger partial charge in [0.1, 0.15) is 0 Å². The summed E-state index contributed by atoms with van der Waals surface area (Å²) in [5, 5.41) is 0. The topological polar surface area (TPSA) is 35.5 Å². The highest BCUT2D eigenvalue weighted by atomic mass is 31.2. The molecule has 4 rings (SSSR count). The van der Waals surface area contributed by atoms with E-state index in [9.17, 15) is 4.57 Å². The Labute approximate surface area is 142 Å². The van der Waals surface area contributed by atoms with E-state index in [4.69, 9.17) is 9.05 Å². The zero-order valence-electron chi connectivity index (χ0n) is 15.1. The molecule has 0 aromatic heterocycles. The lowest BCUT2D eigenvalue weighted by molar-refractivity contribution is -0.0766. The van der Waals surface area contributed by atoms with Crippen LogP contribution < -0.4 is 0 Å². The average Bonchev–Trinajstić information content (AvgIpc) is 2.50. The summed E-state index contributed by atoms with van der Waals surface area (Å²) in [6, 6.07) is 0. The highest BCUT2D eigenvalue weighted by Gasteiger charge is 2.51. The number of hydrogen-bond acceptors (Lipinski definition) is 3. The van der Waals surface area contributed by atoms with Gasteiger partial charge in [0.25, 0.3) is 0 Å². The van der Waals surface area contributed by atoms with E-state index in [1.807, 2.05) is 0 Å². The van der Waals surface area contributed by atoms with Crippen molar-refractivity contribution in [3.8, 4) is 0 Å². The lowest BCUT2D eigenvalue weighted by Crippen LogP contribution is -2.48. The van der Waals surface area contributed by atoms with Crippen molar-refractivity contribution in [2.45, 2.75) is 78.1 Å². The third kappa shape index (κ3) is 4.41. The van der Waals surface area contributed by atoms with E-state index in [0.717, 1.165) is 43.4 Å². The van der Waals surface area contributed by atoms with Gasteiger partial charge in [-0.3, -0.25) is 4.57 Å². The maximum absolute atomic E-state index is 13.1. The van der Waals surface area contributed by atoms with Crippen molar-refractivity contribution in [1.29, 1.82) is 0 Å². The monoisotopic (exact) mass is 342 g/mol. The summed E-state index contributed by atoms with van der Waals surface area (Å²) in [5.74, 6) is 2.75. The Balaban J connectivity index is 1.58. The van der Waals surface area contributed by atoms with Crippen molar-refractivity contribution in [3.05, 3.63) is 0 Å². The van der Waals surface area contributed by atoms with Crippen molar-refractivity contribution in [2.75, 3.05) is 19.4 Å². The molecule has 4 aliphatic rings. The van der Waals surface area contributed by atoms with Crippen LogP contribution in [-0.2, 0) is 13.6 Å². The summed E-state index contributed by atoms with van der Waals surface area (Å²) >= 11 is 0. The summed E-state index contributed by atoms with van der Waals surface area (Å²) in [4.78, 5) is 0. The van der Waals surface area contributed by atoms with Gasteiger partial charge in [-0.15, -0.1) is 0 Å². The van der Waals surface area contributed by atoms with Crippen LogP contribution in [0.5, 0.6) is 0 Å². The highest BCUT2D eigenvalue weighted by Crippen LogP contribution is 2.61. The summed E-state index contributed by atoms with van der Waals surface area (Å²) in [6.07, 6.45) is 12.9. The number of hydrogen-bond donors (Lipinski definition) is 0. The van der Waals surface area contributed by atoms with Crippen LogP contribution in [0.1, 0.15) is 78.1 Å². The van der Waals surface area contributed by atoms with Gasteiger partial charge in [-0.2, -0.15) is 0 Å². The van der Waals surface area contributed by atoms with Crippen LogP contribution >= 0.6 is 7.60 Å². The molecule has 0 aliphatic heterocycles. The van der Waals surface area contributed by atoms with Gasteiger partial charge in [-0.25, -0.2) is 0 Å². The zero-order valence-corrected chi connectivity index (χ0v) is 16.0. The van der Waals surface area contributed by atoms with Gasteiger partial charge in [-0.1, -0.05) is 26.7 Å². The molecule has 0 saturated heterocycles. The third-order valence-electron chi connectivity index (χ3n) is 6.30. The lowest BCUT2D eigenvalue weighted by atomic mass is 9.50. The molecule has 0 spiro atoms. The van der Waals surface area contributed by atoms with Crippen LogP contribution in [0.15, 0.2) is 0 Å². The smallest absolute Gasteiger partial charge is 0.309 e. The first-order valence-corrected chi connectivity index (χ1v) is 11.7. The van der Waals surface area contributed by atoms with Crippen molar-refractivity contribution in [3.63, 3.8) is 0 Å². The molecule has 4 heteroatoms. The second-order valence-electron chi connectivity index (χ2n) is 8.57. The second kappa shape index (κ2) is 7.58. The minimum absolute atomic E-state index is 0.324. The van der Waals surface area contributed by atoms with Crippen molar-refractivity contribution < 1.29 is 13.6 Å². The number of rotatable bonds is 10. The second-order valence-corrected chi connectivity index (χ2v) is 10.8. The lowest BCUT2D eigenvalue weighted by Gasteiger charge is -2.56. The fourth-order valence-corrected chi connectivity index (χ4v) is 7.48. The van der Waals surface area contributed by atoms with E-state index < -0.39 is 7.60 Å². The van der Waals surface area contributed by atoms with Crippen LogP contribution in [0.4, 0.5) is 0 Å². The normalized spacial score (nSPS) is 37.9. The maximum atomic E-state index is 13.1. The molecule has 0 N–H and O–H groups in total. The van der Waals surface area contributed by atoms with E-state index >= 15 is 0 Å². The van der Waals surface area contributed by atoms with Gasteiger partial charge >= 0.3 is 7.60 Å². The zero-order chi connectivity index (χ0) is 16.3. The van der Waals surface area contributed by atoms with Gasteiger partial charge in [0.05, 0.1) is 19.4 Å². The molecule has 0 aromatic carbocycles. The molecule has 23 heavy (non-hydrogen) atoms. The SMILES string of the molecule is CCCCOP(=O)(CCCC)OCC12CC3CC(CC(C3)C1)C2. The van der Waals surface area contributed by atoms with E-state index in [0.29, 0.717) is 24.8 Å². The molecule has 0 amide bonds. The summed E-state index contributed by atoms with van der Waals surface area (Å²) in [6.45, 7) is 5.54. The molecule has 4 aliphatic carbocycles. The molecule has 3 nitrogen and oxygen atoms in total. The molecule has 0 aromatic rings. The average molecular weight is 342 g/mol. The Bertz CT molecular complexity index is 399. The standard InChI is InChI=1S/C19H35O3P/c1-3-5-7-21-23(20,8-6-4-2)22-15-19-12-16-9-17(13-19)11-18(10-16)14-19/h16-18H,3-15H2,1-2H3. The van der Waals surface area contributed by atoms with Gasteiger partial charge in [-0.05, 0) is 74.5 Å². The quantitative estimate of drug-likeness (QED) is 0.359. The van der Waals surface area contributed by atoms with Crippen molar-refractivity contribution >= 4 is 7.60 Å². The fourth-order valence-electron chi connectivity index (χ4n) is 5.57. The summed E-state index contributed by atoms with van der Waals surface area (Å²) in [5.41, 5.74) is 0.324. The Kier molecular flexibility index (Phi) is 5.92. The van der Waals surface area contributed by atoms with Crippen LogP contribution in [0.3, 0.4) is 0 Å². The Hall–Kier alpha value is 0.150. The Morgan fingerprint density at radius 2 is 1.48 bits per heavy atom. The first-order chi connectivity index (χ1) is 11.1. The molecule has 1 atom stereocenters. The van der Waals surface area contributed by atoms with Gasteiger partial charge in [0.2, 0.25) is 0 Å². The predicted octanol–water partition coefficient (Wildman–Crippen LogP) is 6.03. The minimum Gasteiger partial charge on any atom is -0.309 e. The molecular weight excluding hydrogens is 307 g/mol. The Morgan fingerprint density at radius 1 is 0.913 bits per heavy atom. The molecule has 134 valence electrons. The highest BCUT2D eigenvalue weighted by molar-refractivity contribution is 7.53. The third-order valence-corrected chi connectivity index (χ3v) is 8.27.